The van der Waals surface area contributed by atoms with Gasteiger partial charge in [-0.3, -0.25) is 4.99 Å². The van der Waals surface area contributed by atoms with Crippen molar-refractivity contribution in [2.75, 3.05) is 6.61 Å². The monoisotopic (exact) mass is 191 g/mol. The summed E-state index contributed by atoms with van der Waals surface area (Å²) in [4.78, 5) is 4.18. The van der Waals surface area contributed by atoms with Gasteiger partial charge in [0.15, 0.2) is 0 Å². The molecule has 0 saturated carbocycles. The van der Waals surface area contributed by atoms with Crippen LogP contribution in [0.25, 0.3) is 0 Å². The maximum Gasteiger partial charge on any atom is 0.0729 e. The van der Waals surface area contributed by atoms with Crippen LogP contribution in [0.2, 0.25) is 0 Å². The molecule has 0 aliphatic rings. The van der Waals surface area contributed by atoms with Gasteiger partial charge in [0.1, 0.15) is 0 Å². The van der Waals surface area contributed by atoms with E-state index >= 15 is 0 Å². The normalized spacial score (nSPS) is 13.3. The second kappa shape index (κ2) is 6.33. The lowest BCUT2D eigenvalue weighted by atomic mass is 10.1. The Morgan fingerprint density at radius 2 is 2.07 bits per heavy atom. The van der Waals surface area contributed by atoms with Crippen LogP contribution >= 0.6 is 0 Å². The van der Waals surface area contributed by atoms with Crippen molar-refractivity contribution in [2.45, 2.75) is 25.8 Å². The Kier molecular flexibility index (Phi) is 4.94. The van der Waals surface area contributed by atoms with E-state index in [-0.39, 0.29) is 12.6 Å². The highest BCUT2D eigenvalue weighted by molar-refractivity contribution is 5.53. The van der Waals surface area contributed by atoms with E-state index in [4.69, 9.17) is 5.11 Å². The zero-order valence-electron chi connectivity index (χ0n) is 8.56. The average Bonchev–Trinajstić information content (AvgIpc) is 2.25. The van der Waals surface area contributed by atoms with Crippen molar-refractivity contribution in [3.8, 4) is 0 Å². The van der Waals surface area contributed by atoms with E-state index in [0.717, 1.165) is 12.8 Å². The maximum atomic E-state index is 9.02. The number of benzene rings is 1. The number of aryl methyl sites for hydroxylation is 1. The number of aliphatic hydroxyl groups is 1. The minimum atomic E-state index is 0.0557. The van der Waals surface area contributed by atoms with Crippen LogP contribution < -0.4 is 0 Å². The molecule has 76 valence electrons. The molecule has 1 atom stereocenters. The van der Waals surface area contributed by atoms with Crippen LogP contribution in [0.5, 0.6) is 0 Å². The van der Waals surface area contributed by atoms with Gasteiger partial charge in [-0.1, -0.05) is 30.3 Å². The molecule has 0 bridgehead atoms. The smallest absolute Gasteiger partial charge is 0.0729 e. The van der Waals surface area contributed by atoms with Crippen molar-refractivity contribution in [3.63, 3.8) is 0 Å². The molecule has 2 nitrogen and oxygen atoms in total. The number of rotatable bonds is 5. The van der Waals surface area contributed by atoms with Crippen LogP contribution in [0.3, 0.4) is 0 Å². The molecule has 0 heterocycles. The summed E-state index contributed by atoms with van der Waals surface area (Å²) < 4.78 is 0. The Hall–Kier alpha value is -1.15. The SMILES string of the molecule is CC=NC(CO)CCc1ccccc1. The Morgan fingerprint density at radius 1 is 1.36 bits per heavy atom. The van der Waals surface area contributed by atoms with Gasteiger partial charge in [0.05, 0.1) is 12.6 Å². The summed E-state index contributed by atoms with van der Waals surface area (Å²) in [6.45, 7) is 2.02. The first-order valence-corrected chi connectivity index (χ1v) is 4.99. The molecule has 0 spiro atoms. The number of aliphatic hydroxyl groups excluding tert-OH is 1. The van der Waals surface area contributed by atoms with Crippen LogP contribution in [0.4, 0.5) is 0 Å². The van der Waals surface area contributed by atoms with Gasteiger partial charge in [0, 0.05) is 0 Å². The molecule has 0 aromatic heterocycles. The minimum Gasteiger partial charge on any atom is -0.394 e. The summed E-state index contributed by atoms with van der Waals surface area (Å²) >= 11 is 0. The molecule has 0 aliphatic heterocycles. The number of hydrogen-bond acceptors (Lipinski definition) is 2. The largest absolute Gasteiger partial charge is 0.394 e. The Balaban J connectivity index is 2.39. The molecule has 14 heavy (non-hydrogen) atoms. The maximum absolute atomic E-state index is 9.02. The van der Waals surface area contributed by atoms with E-state index in [0.29, 0.717) is 0 Å². The fourth-order valence-electron chi connectivity index (χ4n) is 1.40. The zero-order valence-corrected chi connectivity index (χ0v) is 8.56. The third-order valence-electron chi connectivity index (χ3n) is 2.18. The van der Waals surface area contributed by atoms with Crippen LogP contribution in [-0.4, -0.2) is 24.0 Å². The molecule has 0 aliphatic carbocycles. The van der Waals surface area contributed by atoms with Crippen molar-refractivity contribution >= 4 is 6.21 Å². The van der Waals surface area contributed by atoms with Crippen molar-refractivity contribution in [3.05, 3.63) is 35.9 Å². The van der Waals surface area contributed by atoms with Gasteiger partial charge < -0.3 is 5.11 Å². The van der Waals surface area contributed by atoms with Gasteiger partial charge in [-0.2, -0.15) is 0 Å². The highest BCUT2D eigenvalue weighted by Gasteiger charge is 2.03. The lowest BCUT2D eigenvalue weighted by molar-refractivity contribution is 0.261. The fraction of sp³-hybridized carbons (Fsp3) is 0.417. The number of hydrogen-bond donors (Lipinski definition) is 1. The summed E-state index contributed by atoms with van der Waals surface area (Å²) in [5, 5.41) is 9.02. The molecule has 1 aromatic rings. The Morgan fingerprint density at radius 3 is 2.64 bits per heavy atom. The van der Waals surface area contributed by atoms with Crippen molar-refractivity contribution in [1.82, 2.24) is 0 Å². The fourth-order valence-corrected chi connectivity index (χ4v) is 1.40. The van der Waals surface area contributed by atoms with Crippen LogP contribution in [0.1, 0.15) is 18.9 Å². The van der Waals surface area contributed by atoms with Crippen molar-refractivity contribution in [2.24, 2.45) is 4.99 Å². The third kappa shape index (κ3) is 3.71. The van der Waals surface area contributed by atoms with E-state index in [1.54, 1.807) is 6.21 Å². The molecular formula is C12H17NO. The van der Waals surface area contributed by atoms with Crippen LogP contribution in [-0.2, 0) is 6.42 Å². The van der Waals surface area contributed by atoms with E-state index in [9.17, 15) is 0 Å². The molecule has 1 aromatic carbocycles. The summed E-state index contributed by atoms with van der Waals surface area (Å²) in [6.07, 6.45) is 3.64. The average molecular weight is 191 g/mol. The molecular weight excluding hydrogens is 174 g/mol. The van der Waals surface area contributed by atoms with Gasteiger partial charge in [0.2, 0.25) is 0 Å². The lowest BCUT2D eigenvalue weighted by Crippen LogP contribution is -2.11. The molecule has 0 radical (unpaired) electrons. The highest BCUT2D eigenvalue weighted by atomic mass is 16.3. The number of aliphatic imine (C=N–C) groups is 1. The first-order chi connectivity index (χ1) is 6.86. The zero-order chi connectivity index (χ0) is 10.2. The minimum absolute atomic E-state index is 0.0557. The predicted octanol–water partition coefficient (Wildman–Crippen LogP) is 2.07. The molecule has 0 amide bonds. The van der Waals surface area contributed by atoms with E-state index in [1.165, 1.54) is 5.56 Å². The highest BCUT2D eigenvalue weighted by Crippen LogP contribution is 2.06. The molecule has 1 rings (SSSR count). The topological polar surface area (TPSA) is 32.6 Å². The van der Waals surface area contributed by atoms with Gasteiger partial charge in [-0.25, -0.2) is 0 Å². The van der Waals surface area contributed by atoms with Gasteiger partial charge in [-0.15, -0.1) is 0 Å². The molecule has 1 unspecified atom stereocenters. The van der Waals surface area contributed by atoms with Crippen molar-refractivity contribution < 1.29 is 5.11 Å². The second-order valence-corrected chi connectivity index (χ2v) is 3.27. The van der Waals surface area contributed by atoms with Gasteiger partial charge in [0.25, 0.3) is 0 Å². The standard InChI is InChI=1S/C12H17NO/c1-2-13-12(10-14)9-8-11-6-4-3-5-7-11/h2-7,12,14H,8-10H2,1H3. The van der Waals surface area contributed by atoms with Gasteiger partial charge in [-0.05, 0) is 31.5 Å². The molecule has 1 N–H and O–H groups in total. The summed E-state index contributed by atoms with van der Waals surface area (Å²) in [5.74, 6) is 0. The van der Waals surface area contributed by atoms with Crippen LogP contribution in [0, 0.1) is 0 Å². The van der Waals surface area contributed by atoms with Crippen LogP contribution in [0.15, 0.2) is 35.3 Å². The predicted molar refractivity (Wildman–Crippen MR) is 59.8 cm³/mol. The number of nitrogens with zero attached hydrogens (tertiary/aromatic N) is 1. The first kappa shape index (κ1) is 10.9. The third-order valence-corrected chi connectivity index (χ3v) is 2.18. The quantitative estimate of drug-likeness (QED) is 0.710. The summed E-state index contributed by atoms with van der Waals surface area (Å²) in [7, 11) is 0. The van der Waals surface area contributed by atoms with E-state index in [2.05, 4.69) is 17.1 Å². The molecule has 0 fully saturated rings. The van der Waals surface area contributed by atoms with E-state index in [1.807, 2.05) is 25.1 Å². The molecule has 2 heteroatoms. The van der Waals surface area contributed by atoms with Gasteiger partial charge >= 0.3 is 0 Å². The first-order valence-electron chi connectivity index (χ1n) is 4.99. The van der Waals surface area contributed by atoms with Crippen molar-refractivity contribution in [1.29, 1.82) is 0 Å². The Labute approximate surface area is 85.3 Å². The summed E-state index contributed by atoms with van der Waals surface area (Å²) in [5.41, 5.74) is 1.30. The second-order valence-electron chi connectivity index (χ2n) is 3.27. The summed E-state index contributed by atoms with van der Waals surface area (Å²) in [6, 6.07) is 10.3. The molecule has 0 saturated heterocycles. The Bertz CT molecular complexity index is 269. The lowest BCUT2D eigenvalue weighted by Gasteiger charge is -2.08. The van der Waals surface area contributed by atoms with E-state index < -0.39 is 0 Å².